The molecule has 2 nitrogen and oxygen atoms in total. The maximum atomic E-state index is 4.23. The fraction of sp³-hybridized carbons (Fsp3) is 0.125. The minimum absolute atomic E-state index is 1.02. The van der Waals surface area contributed by atoms with Crippen LogP contribution in [-0.2, 0) is 7.05 Å². The summed E-state index contributed by atoms with van der Waals surface area (Å²) in [4.78, 5) is 4.23. The SMILES string of the molecule is Cn1ccc2ncc(Br)cc21. The van der Waals surface area contributed by atoms with E-state index in [0.717, 1.165) is 15.5 Å². The molecule has 0 saturated heterocycles. The second-order valence-corrected chi connectivity index (χ2v) is 3.40. The smallest absolute Gasteiger partial charge is 0.0881 e. The number of rotatable bonds is 0. The Bertz CT molecular complexity index is 392. The van der Waals surface area contributed by atoms with Crippen LogP contribution in [0.2, 0.25) is 0 Å². The van der Waals surface area contributed by atoms with Gasteiger partial charge in [-0.05, 0) is 28.1 Å². The Labute approximate surface area is 73.0 Å². The van der Waals surface area contributed by atoms with Crippen molar-refractivity contribution in [2.24, 2.45) is 7.05 Å². The molecule has 0 aromatic carbocycles. The molecule has 2 aromatic heterocycles. The van der Waals surface area contributed by atoms with Gasteiger partial charge in [0.25, 0.3) is 0 Å². The van der Waals surface area contributed by atoms with Gasteiger partial charge in [0.15, 0.2) is 0 Å². The van der Waals surface area contributed by atoms with Crippen LogP contribution in [0.5, 0.6) is 0 Å². The van der Waals surface area contributed by atoms with E-state index in [1.54, 1.807) is 0 Å². The van der Waals surface area contributed by atoms with Gasteiger partial charge >= 0.3 is 0 Å². The summed E-state index contributed by atoms with van der Waals surface area (Å²) in [6.07, 6.45) is 3.81. The Balaban J connectivity index is 2.87. The lowest BCUT2D eigenvalue weighted by molar-refractivity contribution is 0.968. The average Bonchev–Trinajstić information content (AvgIpc) is 2.33. The summed E-state index contributed by atoms with van der Waals surface area (Å²) in [5, 5.41) is 0. The molecular formula is C8H7BrN2. The van der Waals surface area contributed by atoms with Crippen molar-refractivity contribution in [2.75, 3.05) is 0 Å². The number of hydrogen-bond acceptors (Lipinski definition) is 1. The van der Waals surface area contributed by atoms with Crippen molar-refractivity contribution in [3.05, 3.63) is 29.0 Å². The molecule has 2 aromatic rings. The van der Waals surface area contributed by atoms with Crippen molar-refractivity contribution >= 4 is 27.0 Å². The number of pyridine rings is 1. The third kappa shape index (κ3) is 1.05. The lowest BCUT2D eigenvalue weighted by atomic mass is 10.4. The third-order valence-electron chi connectivity index (χ3n) is 1.70. The molecule has 0 N–H and O–H groups in total. The highest BCUT2D eigenvalue weighted by Crippen LogP contribution is 2.16. The highest BCUT2D eigenvalue weighted by molar-refractivity contribution is 9.10. The summed E-state index contributed by atoms with van der Waals surface area (Å²) in [6, 6.07) is 4.06. The van der Waals surface area contributed by atoms with Crippen molar-refractivity contribution in [3.63, 3.8) is 0 Å². The monoisotopic (exact) mass is 210 g/mol. The molecule has 2 heterocycles. The van der Waals surface area contributed by atoms with E-state index in [1.165, 1.54) is 0 Å². The summed E-state index contributed by atoms with van der Waals surface area (Å²) in [5.41, 5.74) is 2.19. The van der Waals surface area contributed by atoms with E-state index in [2.05, 4.69) is 27.0 Å². The van der Waals surface area contributed by atoms with Crippen LogP contribution in [0.15, 0.2) is 29.0 Å². The quantitative estimate of drug-likeness (QED) is 0.653. The molecule has 0 fully saturated rings. The van der Waals surface area contributed by atoms with E-state index in [9.17, 15) is 0 Å². The summed E-state index contributed by atoms with van der Waals surface area (Å²) in [5.74, 6) is 0. The van der Waals surface area contributed by atoms with E-state index < -0.39 is 0 Å². The lowest BCUT2D eigenvalue weighted by Gasteiger charge is -1.94. The van der Waals surface area contributed by atoms with Crippen LogP contribution in [0.1, 0.15) is 0 Å². The number of aryl methyl sites for hydroxylation is 1. The van der Waals surface area contributed by atoms with Gasteiger partial charge in [-0.15, -0.1) is 0 Å². The summed E-state index contributed by atoms with van der Waals surface area (Å²) >= 11 is 3.38. The first kappa shape index (κ1) is 6.85. The van der Waals surface area contributed by atoms with E-state index >= 15 is 0 Å². The van der Waals surface area contributed by atoms with Crippen LogP contribution < -0.4 is 0 Å². The molecule has 0 spiro atoms. The van der Waals surface area contributed by atoms with Crippen molar-refractivity contribution in [2.45, 2.75) is 0 Å². The number of aromatic nitrogens is 2. The molecule has 0 aliphatic carbocycles. The van der Waals surface area contributed by atoms with Crippen LogP contribution in [-0.4, -0.2) is 9.55 Å². The van der Waals surface area contributed by atoms with E-state index in [1.807, 2.05) is 30.1 Å². The van der Waals surface area contributed by atoms with Crippen molar-refractivity contribution in [1.29, 1.82) is 0 Å². The Morgan fingerprint density at radius 2 is 2.36 bits per heavy atom. The van der Waals surface area contributed by atoms with Crippen molar-refractivity contribution in [3.8, 4) is 0 Å². The van der Waals surface area contributed by atoms with Crippen LogP contribution >= 0.6 is 15.9 Å². The molecule has 0 saturated carbocycles. The predicted octanol–water partition coefficient (Wildman–Crippen LogP) is 2.34. The molecule has 2 rings (SSSR count). The molecule has 56 valence electrons. The molecule has 3 heteroatoms. The molecule has 0 radical (unpaired) electrons. The molecular weight excluding hydrogens is 204 g/mol. The number of nitrogens with zero attached hydrogens (tertiary/aromatic N) is 2. The molecule has 11 heavy (non-hydrogen) atoms. The fourth-order valence-corrected chi connectivity index (χ4v) is 1.43. The molecule has 0 atom stereocenters. The van der Waals surface area contributed by atoms with Crippen LogP contribution in [0.25, 0.3) is 11.0 Å². The Morgan fingerprint density at radius 1 is 1.55 bits per heavy atom. The van der Waals surface area contributed by atoms with Crippen LogP contribution in [0.4, 0.5) is 0 Å². The van der Waals surface area contributed by atoms with Gasteiger partial charge in [0, 0.05) is 23.9 Å². The zero-order valence-corrected chi connectivity index (χ0v) is 7.67. The van der Waals surface area contributed by atoms with Crippen LogP contribution in [0, 0.1) is 0 Å². The highest BCUT2D eigenvalue weighted by Gasteiger charge is 1.97. The largest absolute Gasteiger partial charge is 0.349 e. The normalized spacial score (nSPS) is 10.7. The molecule has 0 unspecified atom stereocenters. The van der Waals surface area contributed by atoms with Crippen molar-refractivity contribution < 1.29 is 0 Å². The third-order valence-corrected chi connectivity index (χ3v) is 2.13. The molecule has 0 aliphatic heterocycles. The van der Waals surface area contributed by atoms with Crippen LogP contribution in [0.3, 0.4) is 0 Å². The zero-order valence-electron chi connectivity index (χ0n) is 6.08. The van der Waals surface area contributed by atoms with Gasteiger partial charge in [-0.1, -0.05) is 0 Å². The van der Waals surface area contributed by atoms with Gasteiger partial charge in [-0.25, -0.2) is 0 Å². The second-order valence-electron chi connectivity index (χ2n) is 2.48. The Hall–Kier alpha value is -0.830. The molecule has 0 bridgehead atoms. The van der Waals surface area contributed by atoms with Gasteiger partial charge in [0.05, 0.1) is 11.0 Å². The average molecular weight is 211 g/mol. The highest BCUT2D eigenvalue weighted by atomic mass is 79.9. The summed E-state index contributed by atoms with van der Waals surface area (Å²) in [7, 11) is 2.01. The standard InChI is InChI=1S/C8H7BrN2/c1-11-3-2-7-8(11)4-6(9)5-10-7/h2-5H,1H3. The predicted molar refractivity (Wildman–Crippen MR) is 48.4 cm³/mol. The topological polar surface area (TPSA) is 17.8 Å². The number of halogens is 1. The second kappa shape index (κ2) is 2.34. The van der Waals surface area contributed by atoms with Gasteiger partial charge in [-0.2, -0.15) is 0 Å². The Morgan fingerprint density at radius 3 is 3.18 bits per heavy atom. The van der Waals surface area contributed by atoms with Gasteiger partial charge in [-0.3, -0.25) is 4.98 Å². The maximum absolute atomic E-state index is 4.23. The summed E-state index contributed by atoms with van der Waals surface area (Å²) < 4.78 is 3.07. The summed E-state index contributed by atoms with van der Waals surface area (Å²) in [6.45, 7) is 0. The van der Waals surface area contributed by atoms with E-state index in [-0.39, 0.29) is 0 Å². The minimum Gasteiger partial charge on any atom is -0.349 e. The van der Waals surface area contributed by atoms with Gasteiger partial charge in [0.1, 0.15) is 0 Å². The first-order valence-electron chi connectivity index (χ1n) is 3.34. The molecule has 0 aliphatic rings. The first-order valence-corrected chi connectivity index (χ1v) is 4.13. The number of hydrogen-bond donors (Lipinski definition) is 0. The lowest BCUT2D eigenvalue weighted by Crippen LogP contribution is -1.84. The maximum Gasteiger partial charge on any atom is 0.0881 e. The minimum atomic E-state index is 1.02. The van der Waals surface area contributed by atoms with Crippen molar-refractivity contribution in [1.82, 2.24) is 9.55 Å². The first-order chi connectivity index (χ1) is 5.27. The number of fused-ring (bicyclic) bond motifs is 1. The zero-order chi connectivity index (χ0) is 7.84. The van der Waals surface area contributed by atoms with E-state index in [4.69, 9.17) is 0 Å². The van der Waals surface area contributed by atoms with E-state index in [0.29, 0.717) is 0 Å². The van der Waals surface area contributed by atoms with Gasteiger partial charge < -0.3 is 4.57 Å². The fourth-order valence-electron chi connectivity index (χ4n) is 1.11. The Kier molecular flexibility index (Phi) is 1.46. The van der Waals surface area contributed by atoms with Gasteiger partial charge in [0.2, 0.25) is 0 Å². The molecule has 0 amide bonds.